The van der Waals surface area contributed by atoms with Crippen molar-refractivity contribution in [3.8, 4) is 11.5 Å². The zero-order valence-corrected chi connectivity index (χ0v) is 16.3. The Kier molecular flexibility index (Phi) is 5.62. The molecule has 0 saturated heterocycles. The Hall–Kier alpha value is -2.22. The van der Waals surface area contributed by atoms with E-state index in [0.29, 0.717) is 11.5 Å². The Labute approximate surface area is 151 Å². The van der Waals surface area contributed by atoms with Crippen LogP contribution in [0.2, 0.25) is 0 Å². The third-order valence-corrected chi connectivity index (χ3v) is 4.52. The lowest BCUT2D eigenvalue weighted by atomic mass is 9.84. The van der Waals surface area contributed by atoms with Crippen LogP contribution in [0.4, 0.5) is 0 Å². The predicted octanol–water partition coefficient (Wildman–Crippen LogP) is 6.14. The Morgan fingerprint density at radius 2 is 1.36 bits per heavy atom. The van der Waals surface area contributed by atoms with Crippen LogP contribution in [0, 0.1) is 13.8 Å². The largest absolute Gasteiger partial charge is 0.507 e. The number of hydrogen-bond donors (Lipinski definition) is 2. The average Bonchev–Trinajstić information content (AvgIpc) is 2.52. The summed E-state index contributed by atoms with van der Waals surface area (Å²) < 4.78 is 0. The van der Waals surface area contributed by atoms with Crippen LogP contribution in [0.1, 0.15) is 67.5 Å². The molecule has 0 amide bonds. The van der Waals surface area contributed by atoms with Gasteiger partial charge in [0.25, 0.3) is 0 Å². The zero-order valence-electron chi connectivity index (χ0n) is 16.3. The van der Waals surface area contributed by atoms with Crippen molar-refractivity contribution in [2.75, 3.05) is 0 Å². The van der Waals surface area contributed by atoms with Gasteiger partial charge in [-0.2, -0.15) is 0 Å². The van der Waals surface area contributed by atoms with Gasteiger partial charge in [-0.1, -0.05) is 46.3 Å². The minimum atomic E-state index is -0.109. The van der Waals surface area contributed by atoms with Crippen molar-refractivity contribution < 1.29 is 10.2 Å². The molecule has 25 heavy (non-hydrogen) atoms. The SMILES string of the molecule is CCCc1cc(/C=C/c2cc(C)c(O)c(C(C)(C)C)c2)cc(C)c1O. The summed E-state index contributed by atoms with van der Waals surface area (Å²) in [5.74, 6) is 0.796. The van der Waals surface area contributed by atoms with Gasteiger partial charge in [-0.25, -0.2) is 0 Å². The molecule has 134 valence electrons. The molecule has 0 spiro atoms. The molecule has 0 aliphatic rings. The summed E-state index contributed by atoms with van der Waals surface area (Å²) in [6.45, 7) is 12.3. The molecule has 0 aromatic heterocycles. The molecule has 2 heteroatoms. The van der Waals surface area contributed by atoms with Crippen LogP contribution in [0.15, 0.2) is 24.3 Å². The normalized spacial score (nSPS) is 12.1. The highest BCUT2D eigenvalue weighted by Crippen LogP contribution is 2.34. The molecule has 0 aliphatic heterocycles. The third kappa shape index (κ3) is 4.45. The minimum Gasteiger partial charge on any atom is -0.507 e. The summed E-state index contributed by atoms with van der Waals surface area (Å²) in [4.78, 5) is 0. The van der Waals surface area contributed by atoms with Crippen molar-refractivity contribution in [2.24, 2.45) is 0 Å². The lowest BCUT2D eigenvalue weighted by molar-refractivity contribution is 0.443. The van der Waals surface area contributed by atoms with Crippen LogP contribution in [0.25, 0.3) is 12.2 Å². The van der Waals surface area contributed by atoms with Crippen LogP contribution in [-0.2, 0) is 11.8 Å². The van der Waals surface area contributed by atoms with Crippen LogP contribution in [0.5, 0.6) is 11.5 Å². The predicted molar refractivity (Wildman–Crippen MR) is 107 cm³/mol. The Balaban J connectivity index is 2.42. The summed E-state index contributed by atoms with van der Waals surface area (Å²) >= 11 is 0. The molecule has 2 aromatic rings. The molecular formula is C23H30O2. The van der Waals surface area contributed by atoms with Gasteiger partial charge in [-0.05, 0) is 77.8 Å². The maximum absolute atomic E-state index is 10.4. The Morgan fingerprint density at radius 1 is 0.840 bits per heavy atom. The van der Waals surface area contributed by atoms with Gasteiger partial charge >= 0.3 is 0 Å². The van der Waals surface area contributed by atoms with Gasteiger partial charge in [0, 0.05) is 5.56 Å². The molecule has 0 bridgehead atoms. The standard InChI is InChI=1S/C23H30O2/c1-7-8-19-13-17(11-15(2)21(19)24)9-10-18-12-16(3)22(25)20(14-18)23(4,5)6/h9-14,24-25H,7-8H2,1-6H3/b10-9+. The van der Waals surface area contributed by atoms with Gasteiger partial charge in [0.15, 0.2) is 0 Å². The zero-order chi connectivity index (χ0) is 18.8. The van der Waals surface area contributed by atoms with Crippen LogP contribution in [0.3, 0.4) is 0 Å². The van der Waals surface area contributed by atoms with Crippen molar-refractivity contribution in [1.29, 1.82) is 0 Å². The molecule has 0 aliphatic carbocycles. The lowest BCUT2D eigenvalue weighted by Crippen LogP contribution is -2.12. The van der Waals surface area contributed by atoms with E-state index in [2.05, 4.69) is 52.0 Å². The highest BCUT2D eigenvalue weighted by atomic mass is 16.3. The van der Waals surface area contributed by atoms with Crippen molar-refractivity contribution in [2.45, 2.75) is 59.8 Å². The molecule has 0 fully saturated rings. The van der Waals surface area contributed by atoms with E-state index in [4.69, 9.17) is 0 Å². The first-order valence-electron chi connectivity index (χ1n) is 8.98. The molecule has 0 heterocycles. The Bertz CT molecular complexity index is 793. The number of benzene rings is 2. The number of aryl methyl sites for hydroxylation is 3. The molecule has 0 radical (unpaired) electrons. The number of phenolic OH excluding ortho intramolecular Hbond substituents is 2. The molecule has 2 nitrogen and oxygen atoms in total. The van der Waals surface area contributed by atoms with Gasteiger partial charge in [0.05, 0.1) is 0 Å². The summed E-state index contributed by atoms with van der Waals surface area (Å²) in [5, 5.41) is 20.5. The first kappa shape index (κ1) is 19.1. The van der Waals surface area contributed by atoms with Crippen molar-refractivity contribution in [3.05, 3.63) is 57.6 Å². The van der Waals surface area contributed by atoms with E-state index in [0.717, 1.165) is 46.2 Å². The second kappa shape index (κ2) is 7.35. The highest BCUT2D eigenvalue weighted by Gasteiger charge is 2.19. The summed E-state index contributed by atoms with van der Waals surface area (Å²) in [5.41, 5.74) is 5.80. The quantitative estimate of drug-likeness (QED) is 0.658. The summed E-state index contributed by atoms with van der Waals surface area (Å²) in [6.07, 6.45) is 6.03. The van der Waals surface area contributed by atoms with Crippen LogP contribution in [-0.4, -0.2) is 10.2 Å². The van der Waals surface area contributed by atoms with Gasteiger partial charge in [-0.3, -0.25) is 0 Å². The van der Waals surface area contributed by atoms with E-state index in [-0.39, 0.29) is 5.41 Å². The number of hydrogen-bond acceptors (Lipinski definition) is 2. The fraction of sp³-hybridized carbons (Fsp3) is 0.391. The van der Waals surface area contributed by atoms with Crippen LogP contribution >= 0.6 is 0 Å². The second-order valence-corrected chi connectivity index (χ2v) is 7.91. The number of aromatic hydroxyl groups is 2. The second-order valence-electron chi connectivity index (χ2n) is 7.91. The maximum Gasteiger partial charge on any atom is 0.122 e. The Morgan fingerprint density at radius 3 is 1.88 bits per heavy atom. The molecule has 2 rings (SSSR count). The van der Waals surface area contributed by atoms with E-state index >= 15 is 0 Å². The smallest absolute Gasteiger partial charge is 0.122 e. The first-order chi connectivity index (χ1) is 11.6. The number of phenols is 2. The lowest BCUT2D eigenvalue weighted by Gasteiger charge is -2.22. The topological polar surface area (TPSA) is 40.5 Å². The fourth-order valence-corrected chi connectivity index (χ4v) is 3.11. The van der Waals surface area contributed by atoms with Gasteiger partial charge in [0.2, 0.25) is 0 Å². The third-order valence-electron chi connectivity index (χ3n) is 4.52. The van der Waals surface area contributed by atoms with E-state index in [1.54, 1.807) is 0 Å². The molecular weight excluding hydrogens is 308 g/mol. The van der Waals surface area contributed by atoms with Crippen molar-refractivity contribution in [3.63, 3.8) is 0 Å². The number of rotatable bonds is 4. The van der Waals surface area contributed by atoms with E-state index in [1.807, 2.05) is 26.0 Å². The first-order valence-corrected chi connectivity index (χ1v) is 8.98. The van der Waals surface area contributed by atoms with E-state index < -0.39 is 0 Å². The molecule has 2 aromatic carbocycles. The molecule has 2 N–H and O–H groups in total. The minimum absolute atomic E-state index is 0.109. The van der Waals surface area contributed by atoms with E-state index in [1.165, 1.54) is 0 Å². The van der Waals surface area contributed by atoms with Crippen molar-refractivity contribution in [1.82, 2.24) is 0 Å². The maximum atomic E-state index is 10.4. The molecule has 0 saturated carbocycles. The molecule has 0 atom stereocenters. The average molecular weight is 338 g/mol. The van der Waals surface area contributed by atoms with Crippen molar-refractivity contribution >= 4 is 12.2 Å². The monoisotopic (exact) mass is 338 g/mol. The van der Waals surface area contributed by atoms with Gasteiger partial charge in [-0.15, -0.1) is 0 Å². The van der Waals surface area contributed by atoms with E-state index in [9.17, 15) is 10.2 Å². The van der Waals surface area contributed by atoms with Gasteiger partial charge in [0.1, 0.15) is 11.5 Å². The summed E-state index contributed by atoms with van der Waals surface area (Å²) in [7, 11) is 0. The highest BCUT2D eigenvalue weighted by molar-refractivity contribution is 5.72. The van der Waals surface area contributed by atoms with Gasteiger partial charge < -0.3 is 10.2 Å². The van der Waals surface area contributed by atoms with Crippen LogP contribution < -0.4 is 0 Å². The molecule has 0 unspecified atom stereocenters. The fourth-order valence-electron chi connectivity index (χ4n) is 3.11. The summed E-state index contributed by atoms with van der Waals surface area (Å²) in [6, 6.07) is 8.11.